The highest BCUT2D eigenvalue weighted by molar-refractivity contribution is 6.00. The monoisotopic (exact) mass is 1390 g/mol. The molecule has 0 aliphatic carbocycles. The van der Waals surface area contributed by atoms with E-state index in [1.165, 1.54) is 82.7 Å². The van der Waals surface area contributed by atoms with Crippen LogP contribution < -0.4 is 21.3 Å². The van der Waals surface area contributed by atoms with E-state index in [0.29, 0.717) is 26.2 Å². The summed E-state index contributed by atoms with van der Waals surface area (Å²) in [5.74, 6) is -11.2. The molecule has 3 fully saturated rings. The van der Waals surface area contributed by atoms with Crippen LogP contribution in [0.5, 0.6) is 0 Å². The third kappa shape index (κ3) is 22.0. The Kier molecular flexibility index (Phi) is 33.1. The average Bonchev–Trinajstić information content (AvgIpc) is 1.24. The molecule has 558 valence electrons. The van der Waals surface area contributed by atoms with Crippen molar-refractivity contribution in [3.63, 3.8) is 0 Å². The summed E-state index contributed by atoms with van der Waals surface area (Å²) < 4.78 is 6.08. The summed E-state index contributed by atoms with van der Waals surface area (Å²) in [5.41, 5.74) is 0. The lowest BCUT2D eigenvalue weighted by Crippen LogP contribution is -2.64. The number of nitrogens with one attached hydrogen (secondary N) is 4. The second-order valence-electron chi connectivity index (χ2n) is 29.7. The van der Waals surface area contributed by atoms with Crippen molar-refractivity contribution in [1.82, 2.24) is 65.4 Å². The van der Waals surface area contributed by atoms with E-state index in [0.717, 1.165) is 19.6 Å². The molecule has 28 heteroatoms. The molecule has 3 heterocycles. The SMILES string of the molecule is C/C=C/C[C@@H](C)[C@@H](O)[C@H]1C(=O)N[C@@H](CC)C(=O)N2CC(OC(=O)N3CCN(C(C)C)CC3)C[C@@H]2C(=O)N(C)C([C@@H](C)O)C(=O)N[C@@H](C(C)C)C(=O)N(C)[C@@H](CC(C)C)C(=O)N[C@@H](C)C(=O)N[C@H](C)C(=O)N(C)[C@@H](CC(C)C)C(=O)N(C)[C@@H](CC(C)C)C(=O)N(C)[C@@H](C(C)C)C(=O)N1C. The van der Waals surface area contributed by atoms with Gasteiger partial charge in [-0.15, -0.1) is 0 Å². The van der Waals surface area contributed by atoms with E-state index in [2.05, 4.69) is 26.2 Å². The zero-order valence-corrected chi connectivity index (χ0v) is 63.3. The maximum Gasteiger partial charge on any atom is 0.410 e. The predicted octanol–water partition coefficient (Wildman–Crippen LogP) is 2.28. The Morgan fingerprint density at radius 3 is 1.47 bits per heavy atom. The number of carbonyl (C=O) groups is 12. The third-order valence-electron chi connectivity index (χ3n) is 19.4. The Hall–Kier alpha value is -6.94. The van der Waals surface area contributed by atoms with E-state index in [1.54, 1.807) is 60.6 Å². The van der Waals surface area contributed by atoms with Crippen LogP contribution in [-0.4, -0.2) is 291 Å². The molecule has 28 nitrogen and oxygen atoms in total. The summed E-state index contributed by atoms with van der Waals surface area (Å²) in [6.07, 6.45) is -1.30. The number of hydrogen-bond donors (Lipinski definition) is 6. The molecule has 2 unspecified atom stereocenters. The molecule has 12 amide bonds. The Bertz CT molecular complexity index is 2790. The fraction of sp³-hybridized carbons (Fsp3) is 0.800. The third-order valence-corrected chi connectivity index (χ3v) is 19.4. The number of allylic oxidation sites excluding steroid dienone is 2. The number of carbonyl (C=O) groups excluding carboxylic acids is 12. The highest BCUT2D eigenvalue weighted by atomic mass is 16.6. The molecule has 3 aliphatic rings. The highest BCUT2D eigenvalue weighted by Crippen LogP contribution is 2.29. The molecular formula is C70H123N13O15. The van der Waals surface area contributed by atoms with Crippen LogP contribution >= 0.6 is 0 Å². The van der Waals surface area contributed by atoms with Crippen molar-refractivity contribution in [2.24, 2.45) is 35.5 Å². The normalized spacial score (nSPS) is 28.4. The minimum atomic E-state index is -1.73. The minimum absolute atomic E-state index is 0.0877. The number of aliphatic hydroxyl groups excluding tert-OH is 2. The number of likely N-dealkylation sites (N-methyl/N-ethyl adjacent to an activating group) is 6. The van der Waals surface area contributed by atoms with Gasteiger partial charge >= 0.3 is 6.09 Å². The van der Waals surface area contributed by atoms with E-state index in [9.17, 15) is 39.0 Å². The summed E-state index contributed by atoms with van der Waals surface area (Å²) in [5, 5.41) is 34.7. The van der Waals surface area contributed by atoms with E-state index in [4.69, 9.17) is 4.74 Å². The fourth-order valence-electron chi connectivity index (χ4n) is 13.2. The molecule has 0 saturated carbocycles. The smallest absolute Gasteiger partial charge is 0.410 e. The average molecular weight is 1390 g/mol. The van der Waals surface area contributed by atoms with Gasteiger partial charge in [0.15, 0.2) is 0 Å². The van der Waals surface area contributed by atoms with E-state index < -0.39 is 174 Å². The molecule has 0 spiro atoms. The number of amides is 12. The van der Waals surface area contributed by atoms with Crippen molar-refractivity contribution in [3.8, 4) is 0 Å². The van der Waals surface area contributed by atoms with Crippen LogP contribution in [0.25, 0.3) is 0 Å². The first-order valence-electron chi connectivity index (χ1n) is 35.3. The first kappa shape index (κ1) is 85.3. The first-order valence-corrected chi connectivity index (χ1v) is 35.3. The highest BCUT2D eigenvalue weighted by Gasteiger charge is 2.50. The summed E-state index contributed by atoms with van der Waals surface area (Å²) >= 11 is 0. The first-order chi connectivity index (χ1) is 45.5. The van der Waals surface area contributed by atoms with Gasteiger partial charge in [0.2, 0.25) is 65.0 Å². The van der Waals surface area contributed by atoms with Crippen molar-refractivity contribution in [3.05, 3.63) is 12.2 Å². The van der Waals surface area contributed by atoms with E-state index in [1.807, 2.05) is 55.4 Å². The van der Waals surface area contributed by atoms with Crippen molar-refractivity contribution < 1.29 is 72.5 Å². The lowest BCUT2D eigenvalue weighted by atomic mass is 9.91. The van der Waals surface area contributed by atoms with Gasteiger partial charge in [-0.25, -0.2) is 4.79 Å². The maximum atomic E-state index is 15.4. The van der Waals surface area contributed by atoms with Gasteiger partial charge in [-0.05, 0) is 109 Å². The van der Waals surface area contributed by atoms with Crippen LogP contribution in [0.15, 0.2) is 12.2 Å². The molecule has 3 aliphatic heterocycles. The Balaban J connectivity index is 2.40. The number of aliphatic hydroxyl groups is 2. The van der Waals surface area contributed by atoms with E-state index >= 15 is 28.8 Å². The Morgan fingerprint density at radius 2 is 0.990 bits per heavy atom. The molecule has 3 saturated heterocycles. The zero-order valence-electron chi connectivity index (χ0n) is 63.3. The van der Waals surface area contributed by atoms with Crippen LogP contribution in [0.1, 0.15) is 163 Å². The van der Waals surface area contributed by atoms with Crippen LogP contribution in [0.2, 0.25) is 0 Å². The minimum Gasteiger partial charge on any atom is -0.444 e. The molecule has 3 rings (SSSR count). The topological polar surface area (TPSA) is 332 Å². The predicted molar refractivity (Wildman–Crippen MR) is 372 cm³/mol. The summed E-state index contributed by atoms with van der Waals surface area (Å²) in [7, 11) is 8.22. The van der Waals surface area contributed by atoms with Gasteiger partial charge in [0.1, 0.15) is 72.6 Å². The van der Waals surface area contributed by atoms with Gasteiger partial charge in [0.05, 0.1) is 18.8 Å². The number of ether oxygens (including phenoxy) is 1. The molecule has 0 aromatic carbocycles. The molecule has 98 heavy (non-hydrogen) atoms. The van der Waals surface area contributed by atoms with Gasteiger partial charge < -0.3 is 75.4 Å². The van der Waals surface area contributed by atoms with Crippen LogP contribution in [0.4, 0.5) is 4.79 Å². The lowest BCUT2D eigenvalue weighted by molar-refractivity contribution is -0.157. The molecule has 6 N–H and O–H groups in total. The number of hydrogen-bond acceptors (Lipinski definition) is 16. The molecule has 0 bridgehead atoms. The lowest BCUT2D eigenvalue weighted by Gasteiger charge is -2.41. The molecular weight excluding hydrogens is 1260 g/mol. The van der Waals surface area contributed by atoms with Gasteiger partial charge in [-0.3, -0.25) is 57.6 Å². The molecule has 0 aromatic rings. The van der Waals surface area contributed by atoms with Crippen molar-refractivity contribution in [2.45, 2.75) is 254 Å². The van der Waals surface area contributed by atoms with Gasteiger partial charge in [0, 0.05) is 80.9 Å². The summed E-state index contributed by atoms with van der Waals surface area (Å²) in [6, 6.07) is -15.1. The largest absolute Gasteiger partial charge is 0.444 e. The standard InChI is InChI=1S/C70H123N13O15/c1-25-27-28-44(15)58(85)57-62(89)73-49(26-2)64(91)83-37-48(98-70(97)82-31-29-81(30-32-82)43(13)14)36-53(83)67(94)79(23)56(47(18)84)61(88)74-54(41(9)10)68(95)75(19)50(33-38(3)4)60(87)71-45(16)59(86)72-46(17)63(90)76(20)51(34-39(5)6)65(92)77(21)52(35-40(7)8)66(93)78(22)55(42(11)12)69(96)80(57)24/h25,27,38-58,84-85H,26,28-37H2,1-24H3,(H,71,87)(H,72,86)(H,73,89)(H,74,88)/b27-25+/t44-,45+,46-,47-,48?,49+,50+,51+,52+,53-,54+,55+,56?,57+,58-/m1/s1. The fourth-order valence-corrected chi connectivity index (χ4v) is 13.2. The molecule has 15 atom stereocenters. The van der Waals surface area contributed by atoms with Crippen LogP contribution in [0.3, 0.4) is 0 Å². The maximum absolute atomic E-state index is 15.4. The molecule has 0 aromatic heterocycles. The van der Waals surface area contributed by atoms with Crippen LogP contribution in [0, 0.1) is 35.5 Å². The zero-order chi connectivity index (χ0) is 75.0. The van der Waals surface area contributed by atoms with Crippen molar-refractivity contribution >= 4 is 71.1 Å². The van der Waals surface area contributed by atoms with Crippen molar-refractivity contribution in [1.29, 1.82) is 0 Å². The number of nitrogens with zero attached hydrogens (tertiary/aromatic N) is 9. The van der Waals surface area contributed by atoms with Gasteiger partial charge in [0.25, 0.3) is 0 Å². The quantitative estimate of drug-likeness (QED) is 0.121. The summed E-state index contributed by atoms with van der Waals surface area (Å²) in [4.78, 5) is 190. The van der Waals surface area contributed by atoms with E-state index in [-0.39, 0.29) is 68.9 Å². The number of rotatable bonds is 16. The van der Waals surface area contributed by atoms with Gasteiger partial charge in [-0.1, -0.05) is 95.2 Å². The van der Waals surface area contributed by atoms with Gasteiger partial charge in [-0.2, -0.15) is 0 Å². The molecule has 0 radical (unpaired) electrons. The summed E-state index contributed by atoms with van der Waals surface area (Å²) in [6.45, 7) is 32.5. The Morgan fingerprint density at radius 1 is 0.520 bits per heavy atom. The second-order valence-corrected chi connectivity index (χ2v) is 29.7. The Labute approximate surface area is 583 Å². The number of piperazine rings is 1. The number of fused-ring (bicyclic) bond motifs is 1. The second kappa shape index (κ2) is 38.0. The van der Waals surface area contributed by atoms with Crippen molar-refractivity contribution in [2.75, 3.05) is 75.0 Å². The van der Waals surface area contributed by atoms with Crippen LogP contribution in [-0.2, 0) is 57.5 Å².